The highest BCUT2D eigenvalue weighted by Crippen LogP contribution is 2.13. The molecular formula is C15H27NO5. The van der Waals surface area contributed by atoms with Crippen LogP contribution in [0.25, 0.3) is 0 Å². The zero-order valence-corrected chi connectivity index (χ0v) is 13.6. The maximum atomic E-state index is 12.1. The minimum atomic E-state index is -0.936. The fraction of sp³-hybridized carbons (Fsp3) is 0.800. The molecule has 0 aliphatic rings. The second-order valence-corrected chi connectivity index (χ2v) is 6.53. The molecule has 0 aliphatic heterocycles. The van der Waals surface area contributed by atoms with Crippen molar-refractivity contribution in [1.82, 2.24) is 5.32 Å². The number of carbonyl (C=O) groups excluding carboxylic acids is 2. The Morgan fingerprint density at radius 2 is 1.71 bits per heavy atom. The normalized spacial score (nSPS) is 12.9. The Bertz CT molecular complexity index is 371. The summed E-state index contributed by atoms with van der Waals surface area (Å²) in [6, 6.07) is -0.693. The molecule has 0 fully saturated rings. The van der Waals surface area contributed by atoms with Crippen LogP contribution in [0.5, 0.6) is 0 Å². The maximum absolute atomic E-state index is 12.1. The van der Waals surface area contributed by atoms with E-state index in [2.05, 4.69) is 5.32 Å². The monoisotopic (exact) mass is 301 g/mol. The minimum Gasteiger partial charge on any atom is -0.481 e. The SMILES string of the molecule is CC(C)C[C@H](NC(=O)CCCC(=O)O)C(=O)OC(C)(C)C. The number of esters is 1. The Morgan fingerprint density at radius 3 is 2.14 bits per heavy atom. The Morgan fingerprint density at radius 1 is 1.14 bits per heavy atom. The van der Waals surface area contributed by atoms with Crippen LogP contribution in [0.3, 0.4) is 0 Å². The van der Waals surface area contributed by atoms with Crippen LogP contribution >= 0.6 is 0 Å². The lowest BCUT2D eigenvalue weighted by Crippen LogP contribution is -2.44. The van der Waals surface area contributed by atoms with Gasteiger partial charge in [-0.25, -0.2) is 4.79 Å². The van der Waals surface area contributed by atoms with Crippen LogP contribution in [0.1, 0.15) is 60.3 Å². The van der Waals surface area contributed by atoms with Gasteiger partial charge in [-0.1, -0.05) is 13.8 Å². The molecule has 0 aromatic heterocycles. The molecule has 21 heavy (non-hydrogen) atoms. The van der Waals surface area contributed by atoms with E-state index in [-0.39, 0.29) is 31.1 Å². The van der Waals surface area contributed by atoms with Gasteiger partial charge in [0, 0.05) is 12.8 Å². The number of hydrogen-bond acceptors (Lipinski definition) is 4. The van der Waals surface area contributed by atoms with Gasteiger partial charge in [-0.3, -0.25) is 9.59 Å². The van der Waals surface area contributed by atoms with Crippen molar-refractivity contribution >= 4 is 17.8 Å². The summed E-state index contributed by atoms with van der Waals surface area (Å²) in [5, 5.41) is 11.2. The Kier molecular flexibility index (Phi) is 7.99. The summed E-state index contributed by atoms with van der Waals surface area (Å²) in [6.07, 6.45) is 0.766. The van der Waals surface area contributed by atoms with Crippen molar-refractivity contribution < 1.29 is 24.2 Å². The maximum Gasteiger partial charge on any atom is 0.329 e. The number of ether oxygens (including phenoxy) is 1. The zero-order valence-electron chi connectivity index (χ0n) is 13.6. The van der Waals surface area contributed by atoms with Crippen LogP contribution in [0.15, 0.2) is 0 Å². The number of rotatable bonds is 8. The van der Waals surface area contributed by atoms with Gasteiger partial charge in [0.2, 0.25) is 5.91 Å². The summed E-state index contributed by atoms with van der Waals surface area (Å²) >= 11 is 0. The molecule has 0 aromatic rings. The quantitative estimate of drug-likeness (QED) is 0.670. The third-order valence-electron chi connectivity index (χ3n) is 2.53. The lowest BCUT2D eigenvalue weighted by atomic mass is 10.0. The number of carboxylic acid groups (broad SMARTS) is 1. The van der Waals surface area contributed by atoms with E-state index in [1.54, 1.807) is 20.8 Å². The van der Waals surface area contributed by atoms with Crippen molar-refractivity contribution in [2.75, 3.05) is 0 Å². The van der Waals surface area contributed by atoms with Crippen molar-refractivity contribution in [3.05, 3.63) is 0 Å². The molecule has 0 radical (unpaired) electrons. The first-order chi connectivity index (χ1) is 9.51. The number of nitrogens with one attached hydrogen (secondary N) is 1. The summed E-state index contributed by atoms with van der Waals surface area (Å²) in [7, 11) is 0. The molecule has 0 unspecified atom stereocenters. The van der Waals surface area contributed by atoms with E-state index in [1.807, 2.05) is 13.8 Å². The van der Waals surface area contributed by atoms with Gasteiger partial charge in [0.15, 0.2) is 0 Å². The molecule has 0 saturated carbocycles. The van der Waals surface area contributed by atoms with Gasteiger partial charge in [-0.2, -0.15) is 0 Å². The molecule has 1 amide bonds. The highest BCUT2D eigenvalue weighted by atomic mass is 16.6. The van der Waals surface area contributed by atoms with E-state index in [9.17, 15) is 14.4 Å². The average Bonchev–Trinajstić information content (AvgIpc) is 2.24. The highest BCUT2D eigenvalue weighted by Gasteiger charge is 2.27. The molecule has 1 atom stereocenters. The Labute approximate surface area is 126 Å². The van der Waals surface area contributed by atoms with Crippen molar-refractivity contribution in [2.24, 2.45) is 5.92 Å². The second kappa shape index (κ2) is 8.64. The summed E-state index contributed by atoms with van der Waals surface area (Å²) in [4.78, 5) is 34.3. The predicted molar refractivity (Wildman–Crippen MR) is 78.7 cm³/mol. The minimum absolute atomic E-state index is 0.0608. The topological polar surface area (TPSA) is 92.7 Å². The van der Waals surface area contributed by atoms with E-state index in [0.29, 0.717) is 6.42 Å². The molecule has 0 bridgehead atoms. The largest absolute Gasteiger partial charge is 0.481 e. The lowest BCUT2D eigenvalue weighted by molar-refractivity contribution is -0.159. The van der Waals surface area contributed by atoms with E-state index in [4.69, 9.17) is 9.84 Å². The van der Waals surface area contributed by atoms with Crippen LogP contribution in [0.2, 0.25) is 0 Å². The third kappa shape index (κ3) is 10.8. The highest BCUT2D eigenvalue weighted by molar-refractivity contribution is 5.84. The Hall–Kier alpha value is -1.59. The standard InChI is InChI=1S/C15H27NO5/c1-10(2)9-11(14(20)21-15(3,4)5)16-12(17)7-6-8-13(18)19/h10-11H,6-9H2,1-5H3,(H,16,17)(H,18,19)/t11-/m0/s1. The molecule has 0 spiro atoms. The molecule has 122 valence electrons. The Balaban J connectivity index is 4.51. The van der Waals surface area contributed by atoms with Crippen molar-refractivity contribution in [2.45, 2.75) is 71.9 Å². The first-order valence-electron chi connectivity index (χ1n) is 7.25. The lowest BCUT2D eigenvalue weighted by Gasteiger charge is -2.25. The smallest absolute Gasteiger partial charge is 0.329 e. The number of carboxylic acids is 1. The summed E-state index contributed by atoms with van der Waals surface area (Å²) < 4.78 is 5.30. The third-order valence-corrected chi connectivity index (χ3v) is 2.53. The molecule has 6 nitrogen and oxygen atoms in total. The van der Waals surface area contributed by atoms with Gasteiger partial charge in [0.25, 0.3) is 0 Å². The number of aliphatic carboxylic acids is 1. The summed E-state index contributed by atoms with van der Waals surface area (Å²) in [6.45, 7) is 9.21. The van der Waals surface area contributed by atoms with Crippen LogP contribution in [-0.2, 0) is 19.1 Å². The van der Waals surface area contributed by atoms with Gasteiger partial charge >= 0.3 is 11.9 Å². The molecular weight excluding hydrogens is 274 g/mol. The van der Waals surface area contributed by atoms with Gasteiger partial charge in [0.1, 0.15) is 11.6 Å². The molecule has 6 heteroatoms. The fourth-order valence-electron chi connectivity index (χ4n) is 1.73. The van der Waals surface area contributed by atoms with E-state index < -0.39 is 23.6 Å². The van der Waals surface area contributed by atoms with Gasteiger partial charge in [0.05, 0.1) is 0 Å². The summed E-state index contributed by atoms with van der Waals surface area (Å²) in [5.74, 6) is -1.49. The predicted octanol–water partition coefficient (Wildman–Crippen LogP) is 2.11. The van der Waals surface area contributed by atoms with Crippen LogP contribution in [-0.4, -0.2) is 34.6 Å². The van der Waals surface area contributed by atoms with Crippen LogP contribution in [0.4, 0.5) is 0 Å². The van der Waals surface area contributed by atoms with Crippen molar-refractivity contribution in [3.8, 4) is 0 Å². The molecule has 0 saturated heterocycles. The van der Waals surface area contributed by atoms with Crippen molar-refractivity contribution in [3.63, 3.8) is 0 Å². The van der Waals surface area contributed by atoms with Gasteiger partial charge in [-0.15, -0.1) is 0 Å². The first kappa shape index (κ1) is 19.4. The van der Waals surface area contributed by atoms with Crippen LogP contribution in [0, 0.1) is 5.92 Å². The van der Waals surface area contributed by atoms with E-state index >= 15 is 0 Å². The summed E-state index contributed by atoms with van der Waals surface area (Å²) in [5.41, 5.74) is -0.611. The zero-order chi connectivity index (χ0) is 16.6. The molecule has 0 aromatic carbocycles. The van der Waals surface area contributed by atoms with Gasteiger partial charge < -0.3 is 15.2 Å². The molecule has 0 aliphatic carbocycles. The molecule has 2 N–H and O–H groups in total. The second-order valence-electron chi connectivity index (χ2n) is 6.53. The first-order valence-corrected chi connectivity index (χ1v) is 7.25. The molecule has 0 heterocycles. The average molecular weight is 301 g/mol. The fourth-order valence-corrected chi connectivity index (χ4v) is 1.73. The van der Waals surface area contributed by atoms with Gasteiger partial charge in [-0.05, 0) is 39.5 Å². The number of carbonyl (C=O) groups is 3. The van der Waals surface area contributed by atoms with Crippen LogP contribution < -0.4 is 5.32 Å². The number of amides is 1. The molecule has 0 rings (SSSR count). The number of hydrogen-bond donors (Lipinski definition) is 2. The van der Waals surface area contributed by atoms with E-state index in [0.717, 1.165) is 0 Å². The van der Waals surface area contributed by atoms with Crippen molar-refractivity contribution in [1.29, 1.82) is 0 Å². The van der Waals surface area contributed by atoms with E-state index in [1.165, 1.54) is 0 Å².